The highest BCUT2D eigenvalue weighted by atomic mass is 32.1. The summed E-state index contributed by atoms with van der Waals surface area (Å²) in [5.74, 6) is -0.153. The molecule has 3 nitrogen and oxygen atoms in total. The van der Waals surface area contributed by atoms with Crippen LogP contribution in [0.3, 0.4) is 0 Å². The summed E-state index contributed by atoms with van der Waals surface area (Å²) in [6.07, 6.45) is 0. The van der Waals surface area contributed by atoms with Gasteiger partial charge in [-0.3, -0.25) is 0 Å². The maximum Gasteiger partial charge on any atom is 0.157 e. The largest absolute Gasteiger partial charge is 0.504 e. The van der Waals surface area contributed by atoms with Crippen LogP contribution in [0.1, 0.15) is 0 Å². The van der Waals surface area contributed by atoms with E-state index in [-0.39, 0.29) is 11.5 Å². The van der Waals surface area contributed by atoms with Gasteiger partial charge in [0.15, 0.2) is 11.5 Å². The van der Waals surface area contributed by atoms with Crippen LogP contribution in [0.5, 0.6) is 11.5 Å². The lowest BCUT2D eigenvalue weighted by Crippen LogP contribution is -1.63. The van der Waals surface area contributed by atoms with E-state index in [1.54, 1.807) is 12.1 Å². The lowest BCUT2D eigenvalue weighted by molar-refractivity contribution is 0.404. The number of nitrogens with zero attached hydrogens (tertiary/aromatic N) is 1. The van der Waals surface area contributed by atoms with E-state index in [9.17, 15) is 0 Å². The van der Waals surface area contributed by atoms with E-state index in [2.05, 4.69) is 12.6 Å². The first-order valence-electron chi connectivity index (χ1n) is 2.72. The Morgan fingerprint density at radius 1 is 1.18 bits per heavy atom. The normalized spacial score (nSPS) is 7.27. The number of aromatic hydroxyl groups is 2. The first-order valence-corrected chi connectivity index (χ1v) is 3.17. The number of benzene rings is 1. The van der Waals surface area contributed by atoms with Crippen LogP contribution in [0.25, 0.3) is 0 Å². The third-order valence-corrected chi connectivity index (χ3v) is 0.882. The van der Waals surface area contributed by atoms with Crippen molar-refractivity contribution in [2.45, 2.75) is 0 Å². The van der Waals surface area contributed by atoms with Crippen molar-refractivity contribution in [1.82, 2.24) is 0 Å². The van der Waals surface area contributed by atoms with Crippen LogP contribution in [0.2, 0.25) is 0 Å². The number of hydrogen-bond acceptors (Lipinski definition) is 4. The fourth-order valence-electron chi connectivity index (χ4n) is 0.464. The topological polar surface area (TPSA) is 64.2 Å². The predicted octanol–water partition coefficient (Wildman–Crippen LogP) is 1.50. The quantitative estimate of drug-likeness (QED) is 0.313. The molecule has 2 N–H and O–H groups in total. The first-order chi connectivity index (χ1) is 5.22. The Labute approximate surface area is 69.9 Å². The molecule has 0 heterocycles. The van der Waals surface area contributed by atoms with Gasteiger partial charge >= 0.3 is 0 Å². The van der Waals surface area contributed by atoms with Crippen LogP contribution >= 0.6 is 12.6 Å². The van der Waals surface area contributed by atoms with Gasteiger partial charge in [0.1, 0.15) is 5.40 Å². The average molecular weight is 169 g/mol. The molecule has 0 bridgehead atoms. The van der Waals surface area contributed by atoms with Gasteiger partial charge in [0.05, 0.1) is 0 Å². The number of phenolic OH excluding ortho intramolecular Hbond substituents is 2. The van der Waals surface area contributed by atoms with Gasteiger partial charge < -0.3 is 10.2 Å². The van der Waals surface area contributed by atoms with Gasteiger partial charge in [-0.25, -0.2) is 0 Å². The molecule has 11 heavy (non-hydrogen) atoms. The van der Waals surface area contributed by atoms with E-state index >= 15 is 0 Å². The molecule has 0 amide bonds. The van der Waals surface area contributed by atoms with Crippen LogP contribution in [-0.4, -0.2) is 10.2 Å². The predicted molar refractivity (Wildman–Crippen MR) is 44.4 cm³/mol. The molecule has 1 aromatic carbocycles. The molecule has 1 aromatic rings. The van der Waals surface area contributed by atoms with Crippen molar-refractivity contribution in [3.05, 3.63) is 24.3 Å². The van der Waals surface area contributed by atoms with Gasteiger partial charge in [0.25, 0.3) is 0 Å². The highest BCUT2D eigenvalue weighted by Gasteiger charge is 1.90. The maximum atomic E-state index is 8.67. The minimum absolute atomic E-state index is 0.0764. The molecule has 0 spiro atoms. The van der Waals surface area contributed by atoms with Crippen LogP contribution in [0.4, 0.5) is 0 Å². The van der Waals surface area contributed by atoms with Gasteiger partial charge in [-0.1, -0.05) is 24.8 Å². The molecule has 0 aliphatic rings. The van der Waals surface area contributed by atoms with Crippen molar-refractivity contribution in [3.63, 3.8) is 0 Å². The summed E-state index contributed by atoms with van der Waals surface area (Å²) in [5.41, 5.74) is 0. The Bertz CT molecular complexity index is 236. The summed E-state index contributed by atoms with van der Waals surface area (Å²) >= 11 is 3.09. The van der Waals surface area contributed by atoms with E-state index in [0.29, 0.717) is 0 Å². The smallest absolute Gasteiger partial charge is 0.157 e. The van der Waals surface area contributed by atoms with Crippen molar-refractivity contribution in [2.75, 3.05) is 0 Å². The zero-order chi connectivity index (χ0) is 8.69. The van der Waals surface area contributed by atoms with Gasteiger partial charge in [0.2, 0.25) is 0 Å². The summed E-state index contributed by atoms with van der Waals surface area (Å²) in [6.45, 7) is 0. The molecular weight excluding hydrogens is 162 g/mol. The fourth-order valence-corrected chi connectivity index (χ4v) is 0.464. The third kappa shape index (κ3) is 4.12. The molecule has 0 aliphatic carbocycles. The first kappa shape index (κ1) is 9.66. The molecule has 4 heteroatoms. The van der Waals surface area contributed by atoms with E-state index in [0.717, 1.165) is 0 Å². The molecule has 0 saturated carbocycles. The Morgan fingerprint density at radius 2 is 1.45 bits per heavy atom. The molecule has 58 valence electrons. The lowest BCUT2D eigenvalue weighted by atomic mass is 10.3. The molecule has 0 aromatic heterocycles. The Kier molecular flexibility index (Phi) is 4.78. The van der Waals surface area contributed by atoms with Gasteiger partial charge in [0, 0.05) is 0 Å². The second-order valence-electron chi connectivity index (χ2n) is 1.59. The number of phenols is 2. The molecular formula is C7H7NO2S. The molecule has 0 radical (unpaired) electrons. The fraction of sp³-hybridized carbons (Fsp3) is 0. The number of thiocyanates is 1. The highest BCUT2D eigenvalue weighted by Crippen LogP contribution is 2.21. The third-order valence-electron chi connectivity index (χ3n) is 0.882. The highest BCUT2D eigenvalue weighted by molar-refractivity contribution is 7.85. The molecule has 0 atom stereocenters. The van der Waals surface area contributed by atoms with Crippen LogP contribution in [0.15, 0.2) is 24.3 Å². The summed E-state index contributed by atoms with van der Waals surface area (Å²) < 4.78 is 0. The molecule has 0 aliphatic heterocycles. The Morgan fingerprint density at radius 3 is 1.64 bits per heavy atom. The Hall–Kier alpha value is -1.34. The van der Waals surface area contributed by atoms with E-state index in [4.69, 9.17) is 15.5 Å². The second kappa shape index (κ2) is 5.45. The van der Waals surface area contributed by atoms with Gasteiger partial charge in [-0.15, -0.1) is 0 Å². The number of para-hydroxylation sites is 2. The number of thiol groups is 1. The zero-order valence-electron chi connectivity index (χ0n) is 5.60. The Balaban J connectivity index is 0.000000292. The lowest BCUT2D eigenvalue weighted by Gasteiger charge is -1.91. The second-order valence-corrected chi connectivity index (χ2v) is 1.79. The summed E-state index contributed by atoms with van der Waals surface area (Å²) in [7, 11) is 0. The molecule has 1 rings (SSSR count). The number of hydrogen-bond donors (Lipinski definition) is 3. The molecule has 0 saturated heterocycles. The van der Waals surface area contributed by atoms with Crippen molar-refractivity contribution < 1.29 is 10.2 Å². The molecule has 0 fully saturated rings. The van der Waals surface area contributed by atoms with Crippen LogP contribution in [-0.2, 0) is 0 Å². The van der Waals surface area contributed by atoms with Gasteiger partial charge in [-0.2, -0.15) is 5.26 Å². The number of rotatable bonds is 0. The van der Waals surface area contributed by atoms with E-state index < -0.39 is 0 Å². The number of nitriles is 1. The van der Waals surface area contributed by atoms with Crippen molar-refractivity contribution in [1.29, 1.82) is 5.26 Å². The van der Waals surface area contributed by atoms with Crippen molar-refractivity contribution in [2.24, 2.45) is 0 Å². The average Bonchev–Trinajstić information content (AvgIpc) is 1.97. The van der Waals surface area contributed by atoms with Crippen LogP contribution in [0, 0.1) is 10.7 Å². The SMILES string of the molecule is N#CS.Oc1ccccc1O. The van der Waals surface area contributed by atoms with E-state index in [1.165, 1.54) is 17.5 Å². The molecule has 0 unspecified atom stereocenters. The van der Waals surface area contributed by atoms with Gasteiger partial charge in [-0.05, 0) is 12.1 Å². The van der Waals surface area contributed by atoms with E-state index in [1.807, 2.05) is 0 Å². The van der Waals surface area contributed by atoms with Crippen molar-refractivity contribution in [3.8, 4) is 16.9 Å². The summed E-state index contributed by atoms with van der Waals surface area (Å²) in [5, 5.41) is 26.0. The maximum absolute atomic E-state index is 8.67. The van der Waals surface area contributed by atoms with Crippen molar-refractivity contribution >= 4 is 12.6 Å². The monoisotopic (exact) mass is 169 g/mol. The zero-order valence-corrected chi connectivity index (χ0v) is 6.49. The summed E-state index contributed by atoms with van der Waals surface area (Å²) in [6, 6.07) is 6.15. The minimum Gasteiger partial charge on any atom is -0.504 e. The van der Waals surface area contributed by atoms with Crippen LogP contribution < -0.4 is 0 Å². The minimum atomic E-state index is -0.0764. The summed E-state index contributed by atoms with van der Waals surface area (Å²) in [4.78, 5) is 0. The standard InChI is InChI=1S/C6H6O2.CHNS/c7-5-3-1-2-4-6(5)8;2-1-3/h1-4,7-8H;3H.